The van der Waals surface area contributed by atoms with E-state index in [1.54, 1.807) is 0 Å². The Kier molecular flexibility index (Phi) is 3.79. The summed E-state index contributed by atoms with van der Waals surface area (Å²) < 4.78 is 0. The minimum atomic E-state index is 0.0958. The van der Waals surface area contributed by atoms with Crippen LogP contribution in [-0.4, -0.2) is 19.0 Å². The summed E-state index contributed by atoms with van der Waals surface area (Å²) in [5.41, 5.74) is 3.36. The molecule has 1 fully saturated rings. The summed E-state index contributed by atoms with van der Waals surface area (Å²) in [6.07, 6.45) is 3.33. The van der Waals surface area contributed by atoms with Gasteiger partial charge < -0.3 is 10.6 Å². The molecule has 0 spiro atoms. The zero-order valence-corrected chi connectivity index (χ0v) is 12.4. The highest BCUT2D eigenvalue weighted by molar-refractivity contribution is 5.96. The van der Waals surface area contributed by atoms with Gasteiger partial charge in [0.2, 0.25) is 0 Å². The number of fused-ring (bicyclic) bond motifs is 1. The molecule has 3 rings (SSSR count). The maximum atomic E-state index is 12.2. The van der Waals surface area contributed by atoms with Gasteiger partial charge in [-0.15, -0.1) is 0 Å². The molecule has 0 bridgehead atoms. The van der Waals surface area contributed by atoms with Crippen LogP contribution in [0.5, 0.6) is 0 Å². The number of amides is 1. The lowest BCUT2D eigenvalue weighted by atomic mass is 9.94. The van der Waals surface area contributed by atoms with E-state index in [9.17, 15) is 4.79 Å². The van der Waals surface area contributed by atoms with E-state index in [1.165, 1.54) is 17.5 Å². The average molecular weight is 272 g/mol. The van der Waals surface area contributed by atoms with E-state index >= 15 is 0 Å². The smallest absolute Gasteiger partial charge is 0.251 e. The summed E-state index contributed by atoms with van der Waals surface area (Å²) >= 11 is 0. The van der Waals surface area contributed by atoms with Gasteiger partial charge in [0.25, 0.3) is 5.91 Å². The van der Waals surface area contributed by atoms with Gasteiger partial charge in [-0.05, 0) is 54.8 Å². The van der Waals surface area contributed by atoms with Crippen LogP contribution >= 0.6 is 0 Å². The lowest BCUT2D eigenvalue weighted by molar-refractivity contribution is 0.0956. The predicted molar refractivity (Wildman–Crippen MR) is 80.8 cm³/mol. The number of nitrogens with one attached hydrogen (secondary N) is 2. The lowest BCUT2D eigenvalue weighted by Crippen LogP contribution is -2.25. The molecule has 1 heterocycles. The summed E-state index contributed by atoms with van der Waals surface area (Å²) in [7, 11) is 0. The molecule has 1 amide bonds. The first-order valence-corrected chi connectivity index (χ1v) is 7.85. The van der Waals surface area contributed by atoms with E-state index in [4.69, 9.17) is 0 Å². The van der Waals surface area contributed by atoms with Crippen molar-refractivity contribution in [1.82, 2.24) is 10.6 Å². The van der Waals surface area contributed by atoms with Crippen molar-refractivity contribution in [2.24, 2.45) is 11.8 Å². The Hall–Kier alpha value is -1.35. The Morgan fingerprint density at radius 3 is 2.95 bits per heavy atom. The molecule has 3 unspecified atom stereocenters. The second kappa shape index (κ2) is 5.57. The van der Waals surface area contributed by atoms with E-state index in [-0.39, 0.29) is 5.91 Å². The molecule has 1 saturated carbocycles. The Balaban J connectivity index is 1.91. The molecule has 20 heavy (non-hydrogen) atoms. The molecule has 3 heteroatoms. The van der Waals surface area contributed by atoms with Crippen molar-refractivity contribution >= 4 is 5.91 Å². The molecule has 2 N–H and O–H groups in total. The Morgan fingerprint density at radius 1 is 1.45 bits per heavy atom. The predicted octanol–water partition coefficient (Wildman–Crippen LogP) is 2.67. The second-order valence-corrected chi connectivity index (χ2v) is 6.19. The first kappa shape index (κ1) is 13.6. The number of carbonyl (C=O) groups excluding carboxylic acids is 1. The van der Waals surface area contributed by atoms with Gasteiger partial charge in [0.05, 0.1) is 0 Å². The zero-order valence-electron chi connectivity index (χ0n) is 12.4. The van der Waals surface area contributed by atoms with Crippen molar-refractivity contribution in [2.45, 2.75) is 39.2 Å². The number of benzene rings is 1. The van der Waals surface area contributed by atoms with Crippen LogP contribution in [0.2, 0.25) is 0 Å². The summed E-state index contributed by atoms with van der Waals surface area (Å²) in [6.45, 7) is 6.22. The van der Waals surface area contributed by atoms with Gasteiger partial charge in [0.15, 0.2) is 0 Å². The standard InChI is InChI=1S/C17H24N2O/c1-3-18-16(14-9-11(14)2)13-7-6-12-5-4-8-19-17(20)15(12)10-13/h6-7,10-11,14,16,18H,3-5,8-9H2,1-2H3,(H,19,20). The molecule has 1 aliphatic carbocycles. The fourth-order valence-corrected chi connectivity index (χ4v) is 3.34. The van der Waals surface area contributed by atoms with Gasteiger partial charge in [0.1, 0.15) is 0 Å². The van der Waals surface area contributed by atoms with Gasteiger partial charge in [-0.25, -0.2) is 0 Å². The fourth-order valence-electron chi connectivity index (χ4n) is 3.34. The molecule has 3 atom stereocenters. The van der Waals surface area contributed by atoms with Crippen molar-refractivity contribution < 1.29 is 4.79 Å². The van der Waals surface area contributed by atoms with E-state index in [0.29, 0.717) is 6.04 Å². The normalized spacial score (nSPS) is 26.4. The van der Waals surface area contributed by atoms with Crippen LogP contribution in [0.3, 0.4) is 0 Å². The first-order chi connectivity index (χ1) is 9.70. The highest BCUT2D eigenvalue weighted by Gasteiger charge is 2.40. The number of hydrogen-bond donors (Lipinski definition) is 2. The molecule has 1 aromatic rings. The van der Waals surface area contributed by atoms with Gasteiger partial charge in [-0.3, -0.25) is 4.79 Å². The van der Waals surface area contributed by atoms with Crippen LogP contribution in [0.15, 0.2) is 18.2 Å². The largest absolute Gasteiger partial charge is 0.352 e. The molecule has 0 saturated heterocycles. The maximum Gasteiger partial charge on any atom is 0.251 e. The molecular formula is C17H24N2O. The zero-order chi connectivity index (χ0) is 14.1. The van der Waals surface area contributed by atoms with Crippen LogP contribution in [0, 0.1) is 11.8 Å². The van der Waals surface area contributed by atoms with Crippen LogP contribution in [0.25, 0.3) is 0 Å². The van der Waals surface area contributed by atoms with Crippen molar-refractivity contribution in [3.63, 3.8) is 0 Å². The van der Waals surface area contributed by atoms with Crippen LogP contribution in [0.4, 0.5) is 0 Å². The monoisotopic (exact) mass is 272 g/mol. The van der Waals surface area contributed by atoms with Gasteiger partial charge >= 0.3 is 0 Å². The summed E-state index contributed by atoms with van der Waals surface area (Å²) in [4.78, 5) is 12.2. The quantitative estimate of drug-likeness (QED) is 0.885. The van der Waals surface area contributed by atoms with Crippen LogP contribution in [0.1, 0.15) is 54.2 Å². The van der Waals surface area contributed by atoms with E-state index in [2.05, 4.69) is 42.7 Å². The molecule has 3 nitrogen and oxygen atoms in total. The molecular weight excluding hydrogens is 248 g/mol. The van der Waals surface area contributed by atoms with Gasteiger partial charge in [-0.1, -0.05) is 26.0 Å². The minimum Gasteiger partial charge on any atom is -0.352 e. The van der Waals surface area contributed by atoms with Crippen molar-refractivity contribution in [1.29, 1.82) is 0 Å². The fraction of sp³-hybridized carbons (Fsp3) is 0.588. The van der Waals surface area contributed by atoms with Crippen LogP contribution < -0.4 is 10.6 Å². The summed E-state index contributed by atoms with van der Waals surface area (Å²) in [5.74, 6) is 1.62. The highest BCUT2D eigenvalue weighted by Crippen LogP contribution is 2.47. The number of rotatable bonds is 4. The van der Waals surface area contributed by atoms with Crippen LogP contribution in [-0.2, 0) is 6.42 Å². The third-order valence-corrected chi connectivity index (χ3v) is 4.67. The van der Waals surface area contributed by atoms with E-state index in [0.717, 1.165) is 43.3 Å². The third kappa shape index (κ3) is 2.59. The van der Waals surface area contributed by atoms with Gasteiger partial charge in [0, 0.05) is 18.2 Å². The number of hydrogen-bond acceptors (Lipinski definition) is 2. The topological polar surface area (TPSA) is 41.1 Å². The van der Waals surface area contributed by atoms with E-state index < -0.39 is 0 Å². The molecule has 1 aromatic carbocycles. The lowest BCUT2D eigenvalue weighted by Gasteiger charge is -2.20. The Bertz CT molecular complexity index is 512. The van der Waals surface area contributed by atoms with E-state index in [1.807, 2.05) is 0 Å². The second-order valence-electron chi connectivity index (χ2n) is 6.19. The average Bonchev–Trinajstić information content (AvgIpc) is 3.20. The van der Waals surface area contributed by atoms with Crippen molar-refractivity contribution in [3.05, 3.63) is 34.9 Å². The summed E-state index contributed by atoms with van der Waals surface area (Å²) in [5, 5.41) is 6.59. The number of carbonyl (C=O) groups is 1. The number of aryl methyl sites for hydroxylation is 1. The SMILES string of the molecule is CCNC(c1ccc2c(c1)C(=O)NCCC2)C1CC1C. The van der Waals surface area contributed by atoms with Crippen molar-refractivity contribution in [3.8, 4) is 0 Å². The highest BCUT2D eigenvalue weighted by atomic mass is 16.1. The molecule has 0 radical (unpaired) electrons. The Labute approximate surface area is 121 Å². The molecule has 108 valence electrons. The molecule has 2 aliphatic rings. The van der Waals surface area contributed by atoms with Crippen molar-refractivity contribution in [2.75, 3.05) is 13.1 Å². The first-order valence-electron chi connectivity index (χ1n) is 7.85. The molecule has 0 aromatic heterocycles. The maximum absolute atomic E-state index is 12.2. The third-order valence-electron chi connectivity index (χ3n) is 4.67. The minimum absolute atomic E-state index is 0.0958. The van der Waals surface area contributed by atoms with Gasteiger partial charge in [-0.2, -0.15) is 0 Å². The summed E-state index contributed by atoms with van der Waals surface area (Å²) in [6, 6.07) is 6.90. The Morgan fingerprint density at radius 2 is 2.25 bits per heavy atom. The molecule has 1 aliphatic heterocycles.